The number of aromatic carboxylic acids is 1. The zero-order chi connectivity index (χ0) is 21.6. The fraction of sp³-hybridized carbons (Fsp3) is 0.294. The number of pyridine rings is 1. The summed E-state index contributed by atoms with van der Waals surface area (Å²) >= 11 is 0. The number of rotatable bonds is 4. The summed E-state index contributed by atoms with van der Waals surface area (Å²) in [6, 6.07) is 2.56. The standard InChI is InChI=1S/C17H11F7N2O3/c18-13-2-1-9(4-12(13)17(22,23)24)29-10-6-26(7-10)14-11(15(27)28)3-8(5-25-14)16(19,20)21/h1-5,10H,6-7H2,(H,27,28). The first-order valence-electron chi connectivity index (χ1n) is 7.95. The lowest BCUT2D eigenvalue weighted by Crippen LogP contribution is -2.54. The van der Waals surface area contributed by atoms with E-state index in [0.29, 0.717) is 24.4 Å². The second-order valence-electron chi connectivity index (χ2n) is 6.18. The van der Waals surface area contributed by atoms with Crippen molar-refractivity contribution in [1.29, 1.82) is 0 Å². The van der Waals surface area contributed by atoms with E-state index in [-0.39, 0.29) is 24.7 Å². The highest BCUT2D eigenvalue weighted by molar-refractivity contribution is 5.93. The number of halogens is 7. The van der Waals surface area contributed by atoms with Crippen molar-refractivity contribution in [2.24, 2.45) is 0 Å². The minimum absolute atomic E-state index is 0.0304. The number of carbonyl (C=O) groups is 1. The molecule has 1 aromatic carbocycles. The number of alkyl halides is 6. The molecule has 0 aliphatic carbocycles. The van der Waals surface area contributed by atoms with Crippen LogP contribution in [0.1, 0.15) is 21.5 Å². The number of benzene rings is 1. The van der Waals surface area contributed by atoms with E-state index in [1.807, 2.05) is 0 Å². The third-order valence-electron chi connectivity index (χ3n) is 4.12. The molecule has 0 spiro atoms. The maximum absolute atomic E-state index is 13.3. The molecule has 2 heterocycles. The van der Waals surface area contributed by atoms with Gasteiger partial charge < -0.3 is 14.7 Å². The van der Waals surface area contributed by atoms with Crippen molar-refractivity contribution in [2.45, 2.75) is 18.5 Å². The third-order valence-corrected chi connectivity index (χ3v) is 4.12. The molecule has 1 aliphatic rings. The van der Waals surface area contributed by atoms with Crippen molar-refractivity contribution in [2.75, 3.05) is 18.0 Å². The number of nitrogens with zero attached hydrogens (tertiary/aromatic N) is 2. The van der Waals surface area contributed by atoms with Crippen LogP contribution in [0.4, 0.5) is 36.6 Å². The Morgan fingerprint density at radius 1 is 1.10 bits per heavy atom. The summed E-state index contributed by atoms with van der Waals surface area (Å²) in [6.45, 7) is -0.0608. The van der Waals surface area contributed by atoms with Gasteiger partial charge in [0.25, 0.3) is 0 Å². The molecule has 12 heteroatoms. The van der Waals surface area contributed by atoms with Gasteiger partial charge in [0.2, 0.25) is 0 Å². The molecule has 0 amide bonds. The Balaban J connectivity index is 1.73. The van der Waals surface area contributed by atoms with E-state index in [0.717, 1.165) is 6.07 Å². The average molecular weight is 424 g/mol. The number of anilines is 1. The number of ether oxygens (including phenoxy) is 1. The molecule has 0 unspecified atom stereocenters. The summed E-state index contributed by atoms with van der Waals surface area (Å²) in [7, 11) is 0. The molecule has 29 heavy (non-hydrogen) atoms. The predicted octanol–water partition coefficient (Wildman–Crippen LogP) is 4.22. The lowest BCUT2D eigenvalue weighted by molar-refractivity contribution is -0.140. The van der Waals surface area contributed by atoms with E-state index < -0.39 is 46.9 Å². The van der Waals surface area contributed by atoms with Crippen molar-refractivity contribution in [3.05, 3.63) is 53.0 Å². The largest absolute Gasteiger partial charge is 0.487 e. The maximum Gasteiger partial charge on any atom is 0.419 e. The molecular formula is C17H11F7N2O3. The van der Waals surface area contributed by atoms with Crippen LogP contribution in [-0.2, 0) is 12.4 Å². The molecular weight excluding hydrogens is 413 g/mol. The number of aromatic nitrogens is 1. The zero-order valence-electron chi connectivity index (χ0n) is 14.2. The molecule has 0 radical (unpaired) electrons. The fourth-order valence-electron chi connectivity index (χ4n) is 2.69. The highest BCUT2D eigenvalue weighted by atomic mass is 19.4. The van der Waals surface area contributed by atoms with Crippen LogP contribution >= 0.6 is 0 Å². The molecule has 0 atom stereocenters. The van der Waals surface area contributed by atoms with Crippen molar-refractivity contribution in [1.82, 2.24) is 4.98 Å². The third kappa shape index (κ3) is 4.35. The summed E-state index contributed by atoms with van der Waals surface area (Å²) in [5.41, 5.74) is -3.39. The Morgan fingerprint density at radius 2 is 1.76 bits per heavy atom. The van der Waals surface area contributed by atoms with E-state index in [1.54, 1.807) is 0 Å². The van der Waals surface area contributed by atoms with Crippen LogP contribution in [0.2, 0.25) is 0 Å². The van der Waals surface area contributed by atoms with Gasteiger partial charge in [0.15, 0.2) is 0 Å². The summed E-state index contributed by atoms with van der Waals surface area (Å²) < 4.78 is 95.0. The molecule has 1 N–H and O–H groups in total. The molecule has 1 fully saturated rings. The van der Waals surface area contributed by atoms with Gasteiger partial charge >= 0.3 is 18.3 Å². The van der Waals surface area contributed by atoms with E-state index in [1.165, 1.54) is 4.90 Å². The van der Waals surface area contributed by atoms with Crippen molar-refractivity contribution in [3.8, 4) is 5.75 Å². The summed E-state index contributed by atoms with van der Waals surface area (Å²) in [5, 5.41) is 9.15. The molecule has 0 bridgehead atoms. The second-order valence-corrected chi connectivity index (χ2v) is 6.18. The Kier molecular flexibility index (Phi) is 5.05. The molecule has 0 saturated carbocycles. The van der Waals surface area contributed by atoms with Gasteiger partial charge in [0, 0.05) is 6.20 Å². The van der Waals surface area contributed by atoms with Crippen LogP contribution in [0.3, 0.4) is 0 Å². The Hall–Kier alpha value is -3.05. The van der Waals surface area contributed by atoms with Crippen LogP contribution in [0.15, 0.2) is 30.5 Å². The first-order chi connectivity index (χ1) is 13.4. The smallest absolute Gasteiger partial charge is 0.419 e. The second kappa shape index (κ2) is 7.08. The minimum atomic E-state index is -4.91. The molecule has 1 saturated heterocycles. The molecule has 2 aromatic rings. The molecule has 5 nitrogen and oxygen atoms in total. The zero-order valence-corrected chi connectivity index (χ0v) is 14.2. The van der Waals surface area contributed by atoms with E-state index in [2.05, 4.69) is 4.98 Å². The van der Waals surface area contributed by atoms with Crippen LogP contribution < -0.4 is 9.64 Å². The van der Waals surface area contributed by atoms with E-state index in [4.69, 9.17) is 9.84 Å². The van der Waals surface area contributed by atoms with Gasteiger partial charge in [-0.3, -0.25) is 0 Å². The molecule has 3 rings (SSSR count). The van der Waals surface area contributed by atoms with Gasteiger partial charge in [-0.25, -0.2) is 14.2 Å². The lowest BCUT2D eigenvalue weighted by Gasteiger charge is -2.40. The number of carboxylic acids is 1. The normalized spacial score (nSPS) is 15.2. The first-order valence-corrected chi connectivity index (χ1v) is 7.95. The monoisotopic (exact) mass is 424 g/mol. The summed E-state index contributed by atoms with van der Waals surface area (Å²) in [6.07, 6.45) is -9.87. The number of carboxylic acid groups (broad SMARTS) is 1. The van der Waals surface area contributed by atoms with Gasteiger partial charge in [0.1, 0.15) is 29.1 Å². The molecule has 1 aliphatic heterocycles. The van der Waals surface area contributed by atoms with Crippen molar-refractivity contribution >= 4 is 11.8 Å². The van der Waals surface area contributed by atoms with Crippen LogP contribution in [0.25, 0.3) is 0 Å². The highest BCUT2D eigenvalue weighted by Gasteiger charge is 2.37. The van der Waals surface area contributed by atoms with Crippen LogP contribution in [-0.4, -0.2) is 35.3 Å². The molecule has 156 valence electrons. The van der Waals surface area contributed by atoms with Crippen LogP contribution in [0, 0.1) is 5.82 Å². The Labute approximate surface area is 158 Å². The number of hydrogen-bond donors (Lipinski definition) is 1. The maximum atomic E-state index is 13.3. The van der Waals surface area contributed by atoms with Crippen LogP contribution in [0.5, 0.6) is 5.75 Å². The average Bonchev–Trinajstić information content (AvgIpc) is 2.56. The summed E-state index contributed by atoms with van der Waals surface area (Å²) in [4.78, 5) is 16.1. The topological polar surface area (TPSA) is 62.7 Å². The number of hydrogen-bond acceptors (Lipinski definition) is 4. The van der Waals surface area contributed by atoms with Gasteiger partial charge in [-0.05, 0) is 24.3 Å². The van der Waals surface area contributed by atoms with Crippen molar-refractivity contribution < 1.29 is 45.4 Å². The highest BCUT2D eigenvalue weighted by Crippen LogP contribution is 2.35. The summed E-state index contributed by atoms with van der Waals surface area (Å²) in [5.74, 6) is -3.54. The Bertz CT molecular complexity index is 938. The molecule has 1 aromatic heterocycles. The van der Waals surface area contributed by atoms with Gasteiger partial charge in [-0.1, -0.05) is 0 Å². The Morgan fingerprint density at radius 3 is 2.31 bits per heavy atom. The van der Waals surface area contributed by atoms with Gasteiger partial charge in [-0.2, -0.15) is 26.3 Å². The van der Waals surface area contributed by atoms with E-state index in [9.17, 15) is 35.5 Å². The fourth-order valence-corrected chi connectivity index (χ4v) is 2.69. The van der Waals surface area contributed by atoms with Crippen molar-refractivity contribution in [3.63, 3.8) is 0 Å². The lowest BCUT2D eigenvalue weighted by atomic mass is 10.1. The minimum Gasteiger partial charge on any atom is -0.487 e. The van der Waals surface area contributed by atoms with Gasteiger partial charge in [0.05, 0.1) is 24.2 Å². The first kappa shape index (κ1) is 20.7. The predicted molar refractivity (Wildman–Crippen MR) is 84.2 cm³/mol. The quantitative estimate of drug-likeness (QED) is 0.745. The SMILES string of the molecule is O=C(O)c1cc(C(F)(F)F)cnc1N1CC(Oc2ccc(F)c(C(F)(F)F)c2)C1. The van der Waals surface area contributed by atoms with Gasteiger partial charge in [-0.15, -0.1) is 0 Å². The van der Waals surface area contributed by atoms with E-state index >= 15 is 0 Å².